The van der Waals surface area contributed by atoms with Crippen molar-refractivity contribution in [2.75, 3.05) is 6.54 Å². The largest absolute Gasteiger partial charge is 0.480 e. The van der Waals surface area contributed by atoms with Crippen LogP contribution >= 0.6 is 0 Å². The molecule has 2 amide bonds. The van der Waals surface area contributed by atoms with E-state index in [-0.39, 0.29) is 19.4 Å². The van der Waals surface area contributed by atoms with Crippen LogP contribution in [0.4, 0.5) is 0 Å². The number of amides is 2. The summed E-state index contributed by atoms with van der Waals surface area (Å²) in [5, 5.41) is 13.9. The van der Waals surface area contributed by atoms with E-state index < -0.39 is 29.9 Å². The maximum Gasteiger partial charge on any atom is 0.326 e. The molecule has 134 valence electrons. The third kappa shape index (κ3) is 5.73. The van der Waals surface area contributed by atoms with E-state index in [9.17, 15) is 14.4 Å². The number of rotatable bonds is 9. The van der Waals surface area contributed by atoms with Gasteiger partial charge in [-0.05, 0) is 0 Å². The lowest BCUT2D eigenvalue weighted by molar-refractivity contribution is -0.141. The van der Waals surface area contributed by atoms with Crippen LogP contribution in [0, 0.1) is 0 Å². The molecule has 7 N–H and O–H groups in total. The van der Waals surface area contributed by atoms with Gasteiger partial charge in [0.05, 0.1) is 25.2 Å². The first-order valence-electron chi connectivity index (χ1n) is 7.45. The number of carboxylic acid groups (broad SMARTS) is 1. The van der Waals surface area contributed by atoms with Gasteiger partial charge < -0.3 is 31.4 Å². The molecule has 0 aliphatic heterocycles. The van der Waals surface area contributed by atoms with Crippen molar-refractivity contribution in [3.05, 3.63) is 36.4 Å². The highest BCUT2D eigenvalue weighted by molar-refractivity contribution is 5.89. The summed E-state index contributed by atoms with van der Waals surface area (Å²) in [6.45, 7) is -0.373. The lowest BCUT2D eigenvalue weighted by atomic mass is 10.1. The summed E-state index contributed by atoms with van der Waals surface area (Å²) >= 11 is 0. The standard InChI is InChI=1S/C14H19N7O4/c15-10(1-8-3-16-6-19-8)13(23)18-5-12(22)21-11(14(24)25)2-9-4-17-7-20-9/h3-4,6-7,10-11H,1-2,5,15H2,(H,16,19)(H,17,20)(H,18,23)(H,21,22)(H,24,25)/t10-,11-/m0/s1. The summed E-state index contributed by atoms with van der Waals surface area (Å²) in [4.78, 5) is 48.1. The molecule has 2 heterocycles. The molecule has 0 aliphatic carbocycles. The molecule has 0 saturated heterocycles. The molecule has 0 aromatic carbocycles. The first-order valence-corrected chi connectivity index (χ1v) is 7.45. The lowest BCUT2D eigenvalue weighted by Gasteiger charge is -2.15. The highest BCUT2D eigenvalue weighted by Crippen LogP contribution is 1.99. The number of aromatic nitrogens is 4. The van der Waals surface area contributed by atoms with Crippen molar-refractivity contribution in [2.24, 2.45) is 5.73 Å². The fraction of sp³-hybridized carbons (Fsp3) is 0.357. The molecule has 0 bridgehead atoms. The van der Waals surface area contributed by atoms with Crippen molar-refractivity contribution in [3.63, 3.8) is 0 Å². The highest BCUT2D eigenvalue weighted by atomic mass is 16.4. The maximum atomic E-state index is 11.9. The molecule has 0 radical (unpaired) electrons. The predicted molar refractivity (Wildman–Crippen MR) is 85.1 cm³/mol. The highest BCUT2D eigenvalue weighted by Gasteiger charge is 2.22. The monoisotopic (exact) mass is 349 g/mol. The van der Waals surface area contributed by atoms with E-state index in [0.717, 1.165) is 0 Å². The zero-order chi connectivity index (χ0) is 18.2. The number of imidazole rings is 2. The van der Waals surface area contributed by atoms with Gasteiger partial charge in [0.2, 0.25) is 11.8 Å². The SMILES string of the molecule is N[C@@H](Cc1cnc[nH]1)C(=O)NCC(=O)N[C@@H](Cc1cnc[nH]1)C(=O)O. The topological polar surface area (TPSA) is 179 Å². The van der Waals surface area contributed by atoms with E-state index in [4.69, 9.17) is 10.8 Å². The van der Waals surface area contributed by atoms with Crippen molar-refractivity contribution in [2.45, 2.75) is 24.9 Å². The van der Waals surface area contributed by atoms with Crippen LogP contribution in [0.1, 0.15) is 11.4 Å². The molecule has 25 heavy (non-hydrogen) atoms. The third-order valence-corrected chi connectivity index (χ3v) is 3.37. The van der Waals surface area contributed by atoms with Gasteiger partial charge in [0.25, 0.3) is 0 Å². The number of aromatic amines is 2. The van der Waals surface area contributed by atoms with Gasteiger partial charge in [0, 0.05) is 36.6 Å². The molecule has 0 spiro atoms. The molecule has 2 rings (SSSR count). The molecule has 11 nitrogen and oxygen atoms in total. The van der Waals surface area contributed by atoms with Crippen LogP contribution in [0.3, 0.4) is 0 Å². The molecule has 0 saturated carbocycles. The van der Waals surface area contributed by atoms with Crippen molar-refractivity contribution in [1.29, 1.82) is 0 Å². The van der Waals surface area contributed by atoms with Gasteiger partial charge in [-0.15, -0.1) is 0 Å². The molecule has 0 aliphatic rings. The summed E-state index contributed by atoms with van der Waals surface area (Å²) in [5.41, 5.74) is 7.00. The first-order chi connectivity index (χ1) is 12.0. The number of carboxylic acids is 1. The van der Waals surface area contributed by atoms with Gasteiger partial charge in [-0.3, -0.25) is 9.59 Å². The third-order valence-electron chi connectivity index (χ3n) is 3.37. The first kappa shape index (κ1) is 18.1. The van der Waals surface area contributed by atoms with Gasteiger partial charge in [-0.25, -0.2) is 14.8 Å². The Labute approximate surface area is 142 Å². The average Bonchev–Trinajstić information content (AvgIpc) is 3.25. The van der Waals surface area contributed by atoms with Crippen LogP contribution in [-0.4, -0.2) is 61.5 Å². The average molecular weight is 349 g/mol. The quantitative estimate of drug-likeness (QED) is 0.301. The number of nitrogens with two attached hydrogens (primary N) is 1. The van der Waals surface area contributed by atoms with Crippen LogP contribution < -0.4 is 16.4 Å². The van der Waals surface area contributed by atoms with E-state index in [0.29, 0.717) is 11.4 Å². The van der Waals surface area contributed by atoms with Crippen molar-refractivity contribution >= 4 is 17.8 Å². The molecule has 0 unspecified atom stereocenters. The maximum absolute atomic E-state index is 11.9. The number of H-pyrrole nitrogens is 2. The number of nitrogens with zero attached hydrogens (tertiary/aromatic N) is 2. The summed E-state index contributed by atoms with van der Waals surface area (Å²) in [6.07, 6.45) is 6.20. The normalized spacial score (nSPS) is 13.0. The number of hydrogen-bond acceptors (Lipinski definition) is 6. The minimum absolute atomic E-state index is 0.0500. The Hall–Kier alpha value is -3.21. The fourth-order valence-electron chi connectivity index (χ4n) is 2.09. The summed E-state index contributed by atoms with van der Waals surface area (Å²) in [5.74, 6) is -2.34. The van der Waals surface area contributed by atoms with E-state index in [1.807, 2.05) is 0 Å². The number of nitrogens with one attached hydrogen (secondary N) is 4. The Morgan fingerprint density at radius 2 is 1.72 bits per heavy atom. The number of hydrogen-bond donors (Lipinski definition) is 6. The van der Waals surface area contributed by atoms with Crippen LogP contribution in [0.2, 0.25) is 0 Å². The Kier molecular flexibility index (Phi) is 6.23. The fourth-order valence-corrected chi connectivity index (χ4v) is 2.09. The van der Waals surface area contributed by atoms with Crippen LogP contribution in [0.25, 0.3) is 0 Å². The minimum atomic E-state index is -1.19. The van der Waals surface area contributed by atoms with Crippen LogP contribution in [0.15, 0.2) is 25.0 Å². The molecule has 2 atom stereocenters. The zero-order valence-corrected chi connectivity index (χ0v) is 13.2. The number of carbonyl (C=O) groups excluding carboxylic acids is 2. The Bertz CT molecular complexity index is 699. The van der Waals surface area contributed by atoms with Gasteiger partial charge >= 0.3 is 5.97 Å². The molecular weight excluding hydrogens is 330 g/mol. The van der Waals surface area contributed by atoms with Crippen molar-refractivity contribution < 1.29 is 19.5 Å². The van der Waals surface area contributed by atoms with E-state index in [1.54, 1.807) is 6.20 Å². The van der Waals surface area contributed by atoms with E-state index >= 15 is 0 Å². The molecular formula is C14H19N7O4. The van der Waals surface area contributed by atoms with Gasteiger partial charge in [0.1, 0.15) is 6.04 Å². The lowest BCUT2D eigenvalue weighted by Crippen LogP contribution is -2.49. The predicted octanol–water partition coefficient (Wildman–Crippen LogP) is -2.07. The minimum Gasteiger partial charge on any atom is -0.480 e. The van der Waals surface area contributed by atoms with Crippen molar-refractivity contribution in [1.82, 2.24) is 30.6 Å². The van der Waals surface area contributed by atoms with Crippen LogP contribution in [-0.2, 0) is 27.2 Å². The van der Waals surface area contributed by atoms with Crippen LogP contribution in [0.5, 0.6) is 0 Å². The molecule has 0 fully saturated rings. The second-order valence-corrected chi connectivity index (χ2v) is 5.34. The zero-order valence-electron chi connectivity index (χ0n) is 13.2. The number of aliphatic carboxylic acids is 1. The van der Waals surface area contributed by atoms with Gasteiger partial charge in [-0.1, -0.05) is 0 Å². The summed E-state index contributed by atoms with van der Waals surface area (Å²) < 4.78 is 0. The Balaban J connectivity index is 1.77. The molecule has 2 aromatic heterocycles. The Morgan fingerprint density at radius 1 is 1.12 bits per heavy atom. The second-order valence-electron chi connectivity index (χ2n) is 5.34. The molecule has 2 aromatic rings. The van der Waals surface area contributed by atoms with Crippen molar-refractivity contribution in [3.8, 4) is 0 Å². The number of carbonyl (C=O) groups is 3. The summed E-state index contributed by atoms with van der Waals surface area (Å²) in [6, 6.07) is -1.99. The smallest absolute Gasteiger partial charge is 0.326 e. The summed E-state index contributed by atoms with van der Waals surface area (Å²) in [7, 11) is 0. The van der Waals surface area contributed by atoms with E-state index in [2.05, 4.69) is 30.6 Å². The Morgan fingerprint density at radius 3 is 2.24 bits per heavy atom. The van der Waals surface area contributed by atoms with Gasteiger partial charge in [0.15, 0.2) is 0 Å². The van der Waals surface area contributed by atoms with E-state index in [1.165, 1.54) is 18.9 Å². The van der Waals surface area contributed by atoms with Gasteiger partial charge in [-0.2, -0.15) is 0 Å². The molecule has 11 heteroatoms. The second kappa shape index (κ2) is 8.59.